The fourth-order valence-electron chi connectivity index (χ4n) is 1.53. The van der Waals surface area contributed by atoms with E-state index in [0.29, 0.717) is 0 Å². The molecule has 5 nitrogen and oxygen atoms in total. The standard InChI is InChI=1S/C15H21FN2O3/c1-9-6-7-11(16)12(8-9)18-13(19)10(2)17-14(20)21-15(3,4)5/h6-8,10H,1-5H3,(H,17,20)(H,18,19)/t10-/m1/s1. The van der Waals surface area contributed by atoms with Crippen LogP contribution in [-0.2, 0) is 9.53 Å². The Balaban J connectivity index is 2.63. The van der Waals surface area contributed by atoms with Crippen LogP contribution < -0.4 is 10.6 Å². The van der Waals surface area contributed by atoms with Gasteiger partial charge >= 0.3 is 6.09 Å². The summed E-state index contributed by atoms with van der Waals surface area (Å²) in [4.78, 5) is 23.5. The van der Waals surface area contributed by atoms with Crippen molar-refractivity contribution in [2.75, 3.05) is 5.32 Å². The summed E-state index contributed by atoms with van der Waals surface area (Å²) >= 11 is 0. The van der Waals surface area contributed by atoms with Crippen molar-refractivity contribution in [3.8, 4) is 0 Å². The molecule has 0 unspecified atom stereocenters. The molecule has 1 aromatic carbocycles. The first-order chi connectivity index (χ1) is 9.58. The molecule has 0 aliphatic carbocycles. The largest absolute Gasteiger partial charge is 0.444 e. The summed E-state index contributed by atoms with van der Waals surface area (Å²) in [5.41, 5.74) is 0.250. The molecule has 2 amide bonds. The van der Waals surface area contributed by atoms with Crippen molar-refractivity contribution in [2.24, 2.45) is 0 Å². The van der Waals surface area contributed by atoms with Crippen LogP contribution in [0.5, 0.6) is 0 Å². The molecular weight excluding hydrogens is 275 g/mol. The van der Waals surface area contributed by atoms with Gasteiger partial charge in [-0.2, -0.15) is 0 Å². The zero-order valence-corrected chi connectivity index (χ0v) is 12.9. The summed E-state index contributed by atoms with van der Waals surface area (Å²) < 4.78 is 18.6. The molecule has 0 spiro atoms. The number of alkyl carbamates (subject to hydrolysis) is 1. The summed E-state index contributed by atoms with van der Waals surface area (Å²) in [6, 6.07) is 3.55. The maximum atomic E-state index is 13.6. The predicted molar refractivity (Wildman–Crippen MR) is 78.6 cm³/mol. The monoisotopic (exact) mass is 296 g/mol. The Morgan fingerprint density at radius 1 is 1.29 bits per heavy atom. The van der Waals surface area contributed by atoms with E-state index in [9.17, 15) is 14.0 Å². The minimum atomic E-state index is -0.847. The number of hydrogen-bond acceptors (Lipinski definition) is 3. The van der Waals surface area contributed by atoms with Gasteiger partial charge in [-0.25, -0.2) is 9.18 Å². The lowest BCUT2D eigenvalue weighted by Crippen LogP contribution is -2.44. The fraction of sp³-hybridized carbons (Fsp3) is 0.467. The van der Waals surface area contributed by atoms with Crippen molar-refractivity contribution in [3.63, 3.8) is 0 Å². The van der Waals surface area contributed by atoms with Crippen LogP contribution in [0.15, 0.2) is 18.2 Å². The number of rotatable bonds is 3. The molecule has 2 N–H and O–H groups in total. The van der Waals surface area contributed by atoms with Gasteiger partial charge in [-0.05, 0) is 52.3 Å². The molecule has 6 heteroatoms. The van der Waals surface area contributed by atoms with E-state index in [4.69, 9.17) is 4.74 Å². The molecule has 0 heterocycles. The van der Waals surface area contributed by atoms with Gasteiger partial charge in [-0.15, -0.1) is 0 Å². The molecule has 0 bridgehead atoms. The molecule has 1 atom stereocenters. The Hall–Kier alpha value is -2.11. The van der Waals surface area contributed by atoms with Crippen LogP contribution in [0.2, 0.25) is 0 Å². The van der Waals surface area contributed by atoms with Crippen molar-refractivity contribution in [2.45, 2.75) is 46.3 Å². The number of nitrogens with one attached hydrogen (secondary N) is 2. The molecule has 1 aromatic rings. The number of carbonyl (C=O) groups is 2. The molecule has 0 radical (unpaired) electrons. The summed E-state index contributed by atoms with van der Waals surface area (Å²) in [7, 11) is 0. The van der Waals surface area contributed by atoms with Crippen LogP contribution in [0, 0.1) is 12.7 Å². The lowest BCUT2D eigenvalue weighted by Gasteiger charge is -2.21. The highest BCUT2D eigenvalue weighted by atomic mass is 19.1. The van der Waals surface area contributed by atoms with Crippen molar-refractivity contribution in [3.05, 3.63) is 29.6 Å². The van der Waals surface area contributed by atoms with Gasteiger partial charge in [-0.3, -0.25) is 4.79 Å². The molecule has 0 aliphatic rings. The molecule has 0 aliphatic heterocycles. The molecule has 0 aromatic heterocycles. The second-order valence-corrected chi connectivity index (χ2v) is 5.84. The SMILES string of the molecule is Cc1ccc(F)c(NC(=O)[C@@H](C)NC(=O)OC(C)(C)C)c1. The Kier molecular flexibility index (Phi) is 5.29. The second-order valence-electron chi connectivity index (χ2n) is 5.84. The van der Waals surface area contributed by atoms with Gasteiger partial charge in [0.1, 0.15) is 17.5 Å². The van der Waals surface area contributed by atoms with Crippen molar-refractivity contribution >= 4 is 17.7 Å². The highest BCUT2D eigenvalue weighted by Crippen LogP contribution is 2.15. The second kappa shape index (κ2) is 6.56. The lowest BCUT2D eigenvalue weighted by molar-refractivity contribution is -0.117. The van der Waals surface area contributed by atoms with Crippen LogP contribution in [0.1, 0.15) is 33.3 Å². The Morgan fingerprint density at radius 3 is 2.48 bits per heavy atom. The highest BCUT2D eigenvalue weighted by Gasteiger charge is 2.21. The van der Waals surface area contributed by atoms with E-state index >= 15 is 0 Å². The quantitative estimate of drug-likeness (QED) is 0.901. The third-order valence-corrected chi connectivity index (χ3v) is 2.51. The zero-order chi connectivity index (χ0) is 16.2. The van der Waals surface area contributed by atoms with Gasteiger partial charge in [0.05, 0.1) is 5.69 Å². The van der Waals surface area contributed by atoms with Crippen LogP contribution in [0.3, 0.4) is 0 Å². The fourth-order valence-corrected chi connectivity index (χ4v) is 1.53. The zero-order valence-electron chi connectivity index (χ0n) is 12.9. The summed E-state index contributed by atoms with van der Waals surface area (Å²) in [5, 5.41) is 4.83. The number of halogens is 1. The summed E-state index contributed by atoms with van der Waals surface area (Å²) in [6.07, 6.45) is -0.699. The molecule has 0 saturated carbocycles. The van der Waals surface area contributed by atoms with Gasteiger partial charge < -0.3 is 15.4 Å². The first kappa shape index (κ1) is 16.9. The average Bonchev–Trinajstić information content (AvgIpc) is 2.31. The maximum absolute atomic E-state index is 13.6. The van der Waals surface area contributed by atoms with Crippen molar-refractivity contribution < 1.29 is 18.7 Å². The van der Waals surface area contributed by atoms with Crippen LogP contribution >= 0.6 is 0 Å². The molecule has 0 saturated heterocycles. The average molecular weight is 296 g/mol. The van der Waals surface area contributed by atoms with E-state index in [-0.39, 0.29) is 5.69 Å². The Morgan fingerprint density at radius 2 is 1.90 bits per heavy atom. The van der Waals surface area contributed by atoms with E-state index in [2.05, 4.69) is 10.6 Å². The minimum Gasteiger partial charge on any atom is -0.444 e. The van der Waals surface area contributed by atoms with E-state index in [0.717, 1.165) is 5.56 Å². The highest BCUT2D eigenvalue weighted by molar-refractivity contribution is 5.96. The molecule has 21 heavy (non-hydrogen) atoms. The van der Waals surface area contributed by atoms with E-state index in [1.54, 1.807) is 33.8 Å². The van der Waals surface area contributed by atoms with Crippen LogP contribution in [0.4, 0.5) is 14.9 Å². The molecule has 1 rings (SSSR count). The number of hydrogen-bond donors (Lipinski definition) is 2. The van der Waals surface area contributed by atoms with Gasteiger partial charge in [-0.1, -0.05) is 6.07 Å². The van der Waals surface area contributed by atoms with Gasteiger partial charge in [0.15, 0.2) is 0 Å². The normalized spacial score (nSPS) is 12.5. The number of aryl methyl sites for hydroxylation is 1. The van der Waals surface area contributed by atoms with E-state index in [1.807, 2.05) is 0 Å². The first-order valence-electron chi connectivity index (χ1n) is 6.65. The lowest BCUT2D eigenvalue weighted by atomic mass is 10.2. The number of anilines is 1. The number of amides is 2. The molecule has 0 fully saturated rings. The Labute approximate surface area is 123 Å². The van der Waals surface area contributed by atoms with E-state index < -0.39 is 29.5 Å². The molecular formula is C15H21FN2O3. The van der Waals surface area contributed by atoms with Gasteiger partial charge in [0.2, 0.25) is 5.91 Å². The predicted octanol–water partition coefficient (Wildman–Crippen LogP) is 2.99. The third-order valence-electron chi connectivity index (χ3n) is 2.51. The minimum absolute atomic E-state index is 0.0813. The van der Waals surface area contributed by atoms with Crippen LogP contribution in [-0.4, -0.2) is 23.6 Å². The summed E-state index contributed by atoms with van der Waals surface area (Å²) in [5.74, 6) is -1.05. The van der Waals surface area contributed by atoms with Crippen LogP contribution in [0.25, 0.3) is 0 Å². The van der Waals surface area contributed by atoms with E-state index in [1.165, 1.54) is 19.1 Å². The smallest absolute Gasteiger partial charge is 0.408 e. The number of carbonyl (C=O) groups excluding carboxylic acids is 2. The summed E-state index contributed by atoms with van der Waals surface area (Å²) in [6.45, 7) is 8.45. The maximum Gasteiger partial charge on any atom is 0.408 e. The molecule has 116 valence electrons. The van der Waals surface area contributed by atoms with Crippen molar-refractivity contribution in [1.82, 2.24) is 5.32 Å². The number of ether oxygens (including phenoxy) is 1. The Bertz CT molecular complexity index is 538. The number of benzene rings is 1. The van der Waals surface area contributed by atoms with Gasteiger partial charge in [0, 0.05) is 0 Å². The third kappa shape index (κ3) is 5.81. The first-order valence-corrected chi connectivity index (χ1v) is 6.65. The van der Waals surface area contributed by atoms with Gasteiger partial charge in [0.25, 0.3) is 0 Å². The topological polar surface area (TPSA) is 67.4 Å². The van der Waals surface area contributed by atoms with Crippen molar-refractivity contribution in [1.29, 1.82) is 0 Å².